The van der Waals surface area contributed by atoms with E-state index < -0.39 is 0 Å². The molecule has 0 spiro atoms. The lowest BCUT2D eigenvalue weighted by Crippen LogP contribution is -2.07. The van der Waals surface area contributed by atoms with Crippen molar-refractivity contribution in [3.05, 3.63) is 45.5 Å². The highest BCUT2D eigenvalue weighted by Crippen LogP contribution is 2.38. The van der Waals surface area contributed by atoms with Crippen LogP contribution in [-0.4, -0.2) is 15.0 Å². The van der Waals surface area contributed by atoms with Crippen molar-refractivity contribution in [2.75, 3.05) is 5.73 Å². The molecule has 1 heterocycles. The molecule has 6 heteroatoms. The molecule has 3 rings (SSSR count). The normalized spacial score (nSPS) is 14.6. The van der Waals surface area contributed by atoms with Gasteiger partial charge in [-0.25, -0.2) is 4.98 Å². The first-order valence-electron chi connectivity index (χ1n) is 6.06. The van der Waals surface area contributed by atoms with Gasteiger partial charge in [0.1, 0.15) is 11.6 Å². The number of hydrogen-bond acceptors (Lipinski definition) is 4. The standard InChI is InChI=1S/C13H12Cl2N4/c14-9-2-1-3-10(15)8(9)6-11-17-12(7-4-5-7)19-13(16)18-11/h1-3,7H,4-6H2,(H2,16,17,18,19). The largest absolute Gasteiger partial charge is 0.368 e. The summed E-state index contributed by atoms with van der Waals surface area (Å²) in [5, 5.41) is 1.22. The molecule has 1 aliphatic rings. The predicted octanol–water partition coefficient (Wildman–Crippen LogP) is 3.23. The zero-order chi connectivity index (χ0) is 13.4. The van der Waals surface area contributed by atoms with Crippen molar-refractivity contribution in [1.82, 2.24) is 15.0 Å². The molecule has 0 saturated heterocycles. The highest BCUT2D eigenvalue weighted by molar-refractivity contribution is 6.36. The van der Waals surface area contributed by atoms with Gasteiger partial charge < -0.3 is 5.73 Å². The van der Waals surface area contributed by atoms with E-state index in [9.17, 15) is 0 Å². The van der Waals surface area contributed by atoms with Crippen LogP contribution in [0.2, 0.25) is 10.0 Å². The minimum atomic E-state index is 0.259. The molecular weight excluding hydrogens is 283 g/mol. The van der Waals surface area contributed by atoms with Gasteiger partial charge in [0, 0.05) is 22.4 Å². The molecule has 0 aliphatic heterocycles. The lowest BCUT2D eigenvalue weighted by atomic mass is 10.1. The molecule has 1 aromatic heterocycles. The number of nitrogens with two attached hydrogens (primary N) is 1. The zero-order valence-corrected chi connectivity index (χ0v) is 11.6. The fourth-order valence-electron chi connectivity index (χ4n) is 1.92. The number of rotatable bonds is 3. The van der Waals surface area contributed by atoms with E-state index in [0.29, 0.717) is 28.2 Å². The Balaban J connectivity index is 1.94. The third-order valence-electron chi connectivity index (χ3n) is 3.06. The lowest BCUT2D eigenvalue weighted by Gasteiger charge is -2.07. The first-order chi connectivity index (χ1) is 9.13. The summed E-state index contributed by atoms with van der Waals surface area (Å²) in [7, 11) is 0. The van der Waals surface area contributed by atoms with Crippen molar-refractivity contribution >= 4 is 29.2 Å². The molecule has 1 fully saturated rings. The van der Waals surface area contributed by atoms with Crippen LogP contribution in [0.4, 0.5) is 5.95 Å². The monoisotopic (exact) mass is 294 g/mol. The quantitative estimate of drug-likeness (QED) is 0.944. The third kappa shape index (κ3) is 2.80. The Kier molecular flexibility index (Phi) is 3.29. The molecule has 2 aromatic rings. The summed E-state index contributed by atoms with van der Waals surface area (Å²) in [5.41, 5.74) is 6.54. The van der Waals surface area contributed by atoms with Crippen LogP contribution in [0.15, 0.2) is 18.2 Å². The average Bonchev–Trinajstić information content (AvgIpc) is 3.17. The SMILES string of the molecule is Nc1nc(Cc2c(Cl)cccc2Cl)nc(C2CC2)n1. The van der Waals surface area contributed by atoms with E-state index in [2.05, 4.69) is 15.0 Å². The minimum Gasteiger partial charge on any atom is -0.368 e. The van der Waals surface area contributed by atoms with E-state index in [1.807, 2.05) is 6.07 Å². The smallest absolute Gasteiger partial charge is 0.223 e. The molecule has 4 nitrogen and oxygen atoms in total. The Labute approximate surface area is 121 Å². The highest BCUT2D eigenvalue weighted by atomic mass is 35.5. The van der Waals surface area contributed by atoms with Crippen molar-refractivity contribution in [1.29, 1.82) is 0 Å². The minimum absolute atomic E-state index is 0.259. The van der Waals surface area contributed by atoms with Crippen LogP contribution < -0.4 is 5.73 Å². The van der Waals surface area contributed by atoms with Crippen molar-refractivity contribution in [2.45, 2.75) is 25.2 Å². The topological polar surface area (TPSA) is 64.7 Å². The first kappa shape index (κ1) is 12.6. The van der Waals surface area contributed by atoms with Gasteiger partial charge in [-0.3, -0.25) is 0 Å². The Morgan fingerprint density at radius 2 is 1.79 bits per heavy atom. The third-order valence-corrected chi connectivity index (χ3v) is 3.76. The Morgan fingerprint density at radius 3 is 2.42 bits per heavy atom. The fourth-order valence-corrected chi connectivity index (χ4v) is 2.45. The second-order valence-corrected chi connectivity index (χ2v) is 5.43. The number of benzene rings is 1. The average molecular weight is 295 g/mol. The number of anilines is 1. The van der Waals surface area contributed by atoms with Crippen molar-refractivity contribution in [2.24, 2.45) is 0 Å². The van der Waals surface area contributed by atoms with E-state index in [-0.39, 0.29) is 5.95 Å². The Hall–Kier alpha value is -1.39. The molecule has 98 valence electrons. The van der Waals surface area contributed by atoms with Gasteiger partial charge in [0.05, 0.1) is 0 Å². The van der Waals surface area contributed by atoms with Crippen LogP contribution in [0, 0.1) is 0 Å². The number of nitrogens with zero attached hydrogens (tertiary/aromatic N) is 3. The summed E-state index contributed by atoms with van der Waals surface area (Å²) in [6.45, 7) is 0. The van der Waals surface area contributed by atoms with Gasteiger partial charge in [0.25, 0.3) is 0 Å². The van der Waals surface area contributed by atoms with Crippen LogP contribution in [0.3, 0.4) is 0 Å². The van der Waals surface area contributed by atoms with E-state index >= 15 is 0 Å². The molecule has 1 aliphatic carbocycles. The maximum atomic E-state index is 6.15. The summed E-state index contributed by atoms with van der Waals surface area (Å²) >= 11 is 12.3. The van der Waals surface area contributed by atoms with Gasteiger partial charge in [-0.1, -0.05) is 29.3 Å². The van der Waals surface area contributed by atoms with Crippen LogP contribution in [0.1, 0.15) is 36.0 Å². The molecule has 1 saturated carbocycles. The fraction of sp³-hybridized carbons (Fsp3) is 0.308. The van der Waals surface area contributed by atoms with Gasteiger partial charge in [-0.05, 0) is 30.5 Å². The van der Waals surface area contributed by atoms with Crippen LogP contribution in [0.25, 0.3) is 0 Å². The maximum absolute atomic E-state index is 6.15. The van der Waals surface area contributed by atoms with Crippen molar-refractivity contribution < 1.29 is 0 Å². The number of hydrogen-bond donors (Lipinski definition) is 1. The summed E-state index contributed by atoms with van der Waals surface area (Å²) in [6, 6.07) is 5.41. The second kappa shape index (κ2) is 4.94. The van der Waals surface area contributed by atoms with Gasteiger partial charge in [-0.15, -0.1) is 0 Å². The van der Waals surface area contributed by atoms with Crippen LogP contribution in [-0.2, 0) is 6.42 Å². The number of aromatic nitrogens is 3. The zero-order valence-electron chi connectivity index (χ0n) is 10.1. The summed E-state index contributed by atoms with van der Waals surface area (Å²) in [4.78, 5) is 12.8. The second-order valence-electron chi connectivity index (χ2n) is 4.62. The lowest BCUT2D eigenvalue weighted by molar-refractivity contribution is 0.838. The van der Waals surface area contributed by atoms with Crippen LogP contribution >= 0.6 is 23.2 Å². The number of halogens is 2. The molecule has 0 atom stereocenters. The van der Waals surface area contributed by atoms with Gasteiger partial charge in [0.15, 0.2) is 0 Å². The number of nitrogen functional groups attached to an aromatic ring is 1. The molecule has 0 radical (unpaired) electrons. The van der Waals surface area contributed by atoms with E-state index in [1.54, 1.807) is 12.1 Å². The van der Waals surface area contributed by atoms with Gasteiger partial charge in [0.2, 0.25) is 5.95 Å². The van der Waals surface area contributed by atoms with Crippen molar-refractivity contribution in [3.63, 3.8) is 0 Å². The van der Waals surface area contributed by atoms with Crippen molar-refractivity contribution in [3.8, 4) is 0 Å². The van der Waals surface area contributed by atoms with E-state index in [4.69, 9.17) is 28.9 Å². The van der Waals surface area contributed by atoms with E-state index in [1.165, 1.54) is 0 Å². The van der Waals surface area contributed by atoms with E-state index in [0.717, 1.165) is 24.2 Å². The van der Waals surface area contributed by atoms with Gasteiger partial charge >= 0.3 is 0 Å². The predicted molar refractivity (Wildman–Crippen MR) is 75.5 cm³/mol. The Bertz CT molecular complexity index is 606. The molecule has 0 amide bonds. The van der Waals surface area contributed by atoms with Gasteiger partial charge in [-0.2, -0.15) is 9.97 Å². The summed E-state index contributed by atoms with van der Waals surface area (Å²) in [6.07, 6.45) is 2.70. The van der Waals surface area contributed by atoms with Crippen LogP contribution in [0.5, 0.6) is 0 Å². The molecule has 19 heavy (non-hydrogen) atoms. The molecular formula is C13H12Cl2N4. The molecule has 2 N–H and O–H groups in total. The molecule has 1 aromatic carbocycles. The summed E-state index contributed by atoms with van der Waals surface area (Å²) in [5.74, 6) is 2.09. The maximum Gasteiger partial charge on any atom is 0.223 e. The molecule has 0 bridgehead atoms. The molecule has 0 unspecified atom stereocenters. The highest BCUT2D eigenvalue weighted by Gasteiger charge is 2.27. The Morgan fingerprint density at radius 1 is 1.11 bits per heavy atom. The first-order valence-corrected chi connectivity index (χ1v) is 6.82. The summed E-state index contributed by atoms with van der Waals surface area (Å²) < 4.78 is 0.